The SMILES string of the molecule is Cc1ccc2nc(-c3ccc(NC(=O)Cc4cccc5ccccc45)cc3)sc2c1. The molecule has 0 unspecified atom stereocenters. The first-order valence-corrected chi connectivity index (χ1v) is 10.7. The van der Waals surface area contributed by atoms with Crippen LogP contribution in [0.5, 0.6) is 0 Å². The van der Waals surface area contributed by atoms with E-state index < -0.39 is 0 Å². The Balaban J connectivity index is 1.32. The number of thiazole rings is 1. The van der Waals surface area contributed by atoms with E-state index in [1.165, 1.54) is 10.3 Å². The van der Waals surface area contributed by atoms with Gasteiger partial charge in [0.2, 0.25) is 5.91 Å². The van der Waals surface area contributed by atoms with Crippen molar-refractivity contribution in [3.05, 3.63) is 96.1 Å². The quantitative estimate of drug-likeness (QED) is 0.364. The van der Waals surface area contributed by atoms with Gasteiger partial charge in [-0.25, -0.2) is 4.98 Å². The van der Waals surface area contributed by atoms with Crippen molar-refractivity contribution >= 4 is 43.9 Å². The van der Waals surface area contributed by atoms with Gasteiger partial charge < -0.3 is 5.32 Å². The number of nitrogens with zero attached hydrogens (tertiary/aromatic N) is 1. The highest BCUT2D eigenvalue weighted by atomic mass is 32.1. The molecule has 0 saturated heterocycles. The van der Waals surface area contributed by atoms with Crippen molar-refractivity contribution in [3.8, 4) is 10.6 Å². The van der Waals surface area contributed by atoms with Crippen LogP contribution in [-0.4, -0.2) is 10.9 Å². The average Bonchev–Trinajstić information content (AvgIpc) is 3.18. The molecular formula is C26H20N2OS. The van der Waals surface area contributed by atoms with Crippen molar-refractivity contribution in [2.45, 2.75) is 13.3 Å². The van der Waals surface area contributed by atoms with Gasteiger partial charge in [0.1, 0.15) is 5.01 Å². The fourth-order valence-corrected chi connectivity index (χ4v) is 4.75. The molecule has 0 aliphatic carbocycles. The minimum Gasteiger partial charge on any atom is -0.326 e. The molecule has 1 amide bonds. The Bertz CT molecular complexity index is 1360. The number of hydrogen-bond acceptors (Lipinski definition) is 3. The van der Waals surface area contributed by atoms with Gasteiger partial charge in [0.05, 0.1) is 16.6 Å². The third kappa shape index (κ3) is 3.70. The standard InChI is InChI=1S/C26H20N2OS/c1-17-9-14-23-24(15-17)30-26(28-23)19-10-12-21(13-11-19)27-25(29)16-20-7-4-6-18-5-2-3-8-22(18)20/h2-15H,16H2,1H3,(H,27,29). The number of fused-ring (bicyclic) bond motifs is 2. The van der Waals surface area contributed by atoms with Gasteiger partial charge in [-0.15, -0.1) is 11.3 Å². The Kier molecular flexibility index (Phi) is 4.77. The normalized spacial score (nSPS) is 11.1. The zero-order valence-electron chi connectivity index (χ0n) is 16.6. The lowest BCUT2D eigenvalue weighted by atomic mass is 10.0. The second-order valence-electron chi connectivity index (χ2n) is 7.43. The van der Waals surface area contributed by atoms with Gasteiger partial charge >= 0.3 is 0 Å². The van der Waals surface area contributed by atoms with E-state index in [0.29, 0.717) is 6.42 Å². The Morgan fingerprint density at radius 3 is 2.60 bits per heavy atom. The van der Waals surface area contributed by atoms with Crippen molar-refractivity contribution in [1.82, 2.24) is 4.98 Å². The molecule has 1 N–H and O–H groups in total. The molecule has 5 rings (SSSR count). The maximum Gasteiger partial charge on any atom is 0.228 e. The number of amides is 1. The molecule has 4 heteroatoms. The maximum absolute atomic E-state index is 12.6. The van der Waals surface area contributed by atoms with Crippen molar-refractivity contribution in [3.63, 3.8) is 0 Å². The molecule has 0 atom stereocenters. The van der Waals surface area contributed by atoms with E-state index in [4.69, 9.17) is 4.98 Å². The molecule has 1 heterocycles. The molecular weight excluding hydrogens is 388 g/mol. The number of carbonyl (C=O) groups is 1. The van der Waals surface area contributed by atoms with Crippen LogP contribution in [0, 0.1) is 6.92 Å². The molecule has 0 saturated carbocycles. The average molecular weight is 409 g/mol. The van der Waals surface area contributed by atoms with Crippen LogP contribution >= 0.6 is 11.3 Å². The Labute approximate surface area is 179 Å². The number of aromatic nitrogens is 1. The number of anilines is 1. The molecule has 0 radical (unpaired) electrons. The van der Waals surface area contributed by atoms with Gasteiger partial charge in [-0.2, -0.15) is 0 Å². The fraction of sp³-hybridized carbons (Fsp3) is 0.0769. The first-order chi connectivity index (χ1) is 14.7. The number of rotatable bonds is 4. The summed E-state index contributed by atoms with van der Waals surface area (Å²) in [6.07, 6.45) is 0.348. The second-order valence-corrected chi connectivity index (χ2v) is 8.46. The van der Waals surface area contributed by atoms with Gasteiger partial charge in [-0.05, 0) is 65.2 Å². The number of benzene rings is 4. The zero-order chi connectivity index (χ0) is 20.5. The van der Waals surface area contributed by atoms with Crippen LogP contribution in [-0.2, 0) is 11.2 Å². The van der Waals surface area contributed by atoms with Crippen LogP contribution in [0.2, 0.25) is 0 Å². The lowest BCUT2D eigenvalue weighted by Crippen LogP contribution is -2.14. The lowest BCUT2D eigenvalue weighted by molar-refractivity contribution is -0.115. The van der Waals surface area contributed by atoms with Crippen molar-refractivity contribution in [1.29, 1.82) is 0 Å². The van der Waals surface area contributed by atoms with Crippen molar-refractivity contribution in [2.75, 3.05) is 5.32 Å². The summed E-state index contributed by atoms with van der Waals surface area (Å²) in [6, 6.07) is 28.4. The van der Waals surface area contributed by atoms with E-state index in [2.05, 4.69) is 48.6 Å². The highest BCUT2D eigenvalue weighted by Gasteiger charge is 2.09. The molecule has 0 aliphatic heterocycles. The molecule has 3 nitrogen and oxygen atoms in total. The van der Waals surface area contributed by atoms with Gasteiger partial charge in [0, 0.05) is 11.3 Å². The molecule has 30 heavy (non-hydrogen) atoms. The highest BCUT2D eigenvalue weighted by molar-refractivity contribution is 7.21. The number of hydrogen-bond donors (Lipinski definition) is 1. The summed E-state index contributed by atoms with van der Waals surface area (Å²) in [4.78, 5) is 17.3. The van der Waals surface area contributed by atoms with E-state index in [1.807, 2.05) is 48.5 Å². The minimum atomic E-state index is -0.0189. The van der Waals surface area contributed by atoms with E-state index in [0.717, 1.165) is 38.1 Å². The second kappa shape index (κ2) is 7.73. The number of nitrogens with one attached hydrogen (secondary N) is 1. The Morgan fingerprint density at radius 1 is 0.933 bits per heavy atom. The molecule has 0 bridgehead atoms. The first-order valence-electron chi connectivity index (χ1n) is 9.90. The molecule has 1 aromatic heterocycles. The van der Waals surface area contributed by atoms with Crippen LogP contribution in [0.15, 0.2) is 84.9 Å². The van der Waals surface area contributed by atoms with Gasteiger partial charge in [0.15, 0.2) is 0 Å². The monoisotopic (exact) mass is 408 g/mol. The minimum absolute atomic E-state index is 0.0189. The largest absolute Gasteiger partial charge is 0.326 e. The number of aryl methyl sites for hydroxylation is 1. The van der Waals surface area contributed by atoms with Crippen LogP contribution < -0.4 is 5.32 Å². The van der Waals surface area contributed by atoms with Crippen LogP contribution in [0.3, 0.4) is 0 Å². The third-order valence-electron chi connectivity index (χ3n) is 5.19. The first kappa shape index (κ1) is 18.5. The summed E-state index contributed by atoms with van der Waals surface area (Å²) >= 11 is 1.69. The molecule has 0 aliphatic rings. The van der Waals surface area contributed by atoms with E-state index in [-0.39, 0.29) is 5.91 Å². The maximum atomic E-state index is 12.6. The van der Waals surface area contributed by atoms with Gasteiger partial charge in [-0.3, -0.25) is 4.79 Å². The Hall–Kier alpha value is -3.50. The Morgan fingerprint density at radius 2 is 1.73 bits per heavy atom. The summed E-state index contributed by atoms with van der Waals surface area (Å²) in [6.45, 7) is 2.09. The van der Waals surface area contributed by atoms with E-state index >= 15 is 0 Å². The molecule has 0 fully saturated rings. The van der Waals surface area contributed by atoms with E-state index in [1.54, 1.807) is 11.3 Å². The predicted octanol–water partition coefficient (Wildman–Crippen LogP) is 6.61. The van der Waals surface area contributed by atoms with Gasteiger partial charge in [-0.1, -0.05) is 48.5 Å². The lowest BCUT2D eigenvalue weighted by Gasteiger charge is -2.08. The molecule has 146 valence electrons. The third-order valence-corrected chi connectivity index (χ3v) is 6.26. The van der Waals surface area contributed by atoms with Crippen molar-refractivity contribution in [2.24, 2.45) is 0 Å². The number of carbonyl (C=O) groups excluding carboxylic acids is 1. The zero-order valence-corrected chi connectivity index (χ0v) is 17.4. The van der Waals surface area contributed by atoms with Gasteiger partial charge in [0.25, 0.3) is 0 Å². The van der Waals surface area contributed by atoms with Crippen LogP contribution in [0.4, 0.5) is 5.69 Å². The molecule has 0 spiro atoms. The molecule has 5 aromatic rings. The summed E-state index contributed by atoms with van der Waals surface area (Å²) in [5.74, 6) is -0.0189. The summed E-state index contributed by atoms with van der Waals surface area (Å²) < 4.78 is 1.19. The van der Waals surface area contributed by atoms with E-state index in [9.17, 15) is 4.79 Å². The van der Waals surface area contributed by atoms with Crippen LogP contribution in [0.25, 0.3) is 31.6 Å². The summed E-state index contributed by atoms with van der Waals surface area (Å²) in [5.41, 5.74) is 5.14. The van der Waals surface area contributed by atoms with Crippen molar-refractivity contribution < 1.29 is 4.79 Å². The summed E-state index contributed by atoms with van der Waals surface area (Å²) in [7, 11) is 0. The fourth-order valence-electron chi connectivity index (χ4n) is 3.68. The smallest absolute Gasteiger partial charge is 0.228 e. The summed E-state index contributed by atoms with van der Waals surface area (Å²) in [5, 5.41) is 6.27. The van der Waals surface area contributed by atoms with Crippen LogP contribution in [0.1, 0.15) is 11.1 Å². The molecule has 4 aromatic carbocycles. The predicted molar refractivity (Wildman–Crippen MR) is 126 cm³/mol. The highest BCUT2D eigenvalue weighted by Crippen LogP contribution is 2.31. The topological polar surface area (TPSA) is 42.0 Å².